The Hall–Kier alpha value is -1.80. The number of H-pyrrole nitrogens is 1. The Morgan fingerprint density at radius 1 is 1.59 bits per heavy atom. The molecule has 1 aliphatic rings. The maximum absolute atomic E-state index is 11.3. The van der Waals surface area contributed by atoms with Gasteiger partial charge in [0.15, 0.2) is 5.82 Å². The third kappa shape index (κ3) is 2.48. The molecule has 0 aromatic carbocycles. The van der Waals surface area contributed by atoms with Crippen LogP contribution in [0.15, 0.2) is 4.79 Å². The third-order valence-corrected chi connectivity index (χ3v) is 2.60. The van der Waals surface area contributed by atoms with Crippen molar-refractivity contribution in [3.63, 3.8) is 0 Å². The first-order valence-corrected chi connectivity index (χ1v) is 5.24. The molecule has 0 radical (unpaired) electrons. The zero-order valence-electron chi connectivity index (χ0n) is 9.14. The molecule has 8 nitrogen and oxygen atoms in total. The number of ether oxygens (including phenoxy) is 1. The molecular weight excluding hydrogens is 226 g/mol. The minimum atomic E-state index is -0.474. The van der Waals surface area contributed by atoms with Crippen molar-refractivity contribution >= 4 is 17.5 Å². The summed E-state index contributed by atoms with van der Waals surface area (Å²) in [4.78, 5) is 17.6. The van der Waals surface area contributed by atoms with Gasteiger partial charge < -0.3 is 26.6 Å². The molecule has 1 fully saturated rings. The molecule has 0 unspecified atom stereocenters. The highest BCUT2D eigenvalue weighted by Crippen LogP contribution is 2.19. The van der Waals surface area contributed by atoms with Gasteiger partial charge in [-0.1, -0.05) is 0 Å². The smallest absolute Gasteiger partial charge is 0.277 e. The van der Waals surface area contributed by atoms with Crippen LogP contribution in [0.4, 0.5) is 17.5 Å². The summed E-state index contributed by atoms with van der Waals surface area (Å²) in [6, 6.07) is -0.0388. The van der Waals surface area contributed by atoms with Crippen molar-refractivity contribution in [1.29, 1.82) is 0 Å². The van der Waals surface area contributed by atoms with E-state index in [9.17, 15) is 4.79 Å². The monoisotopic (exact) mass is 241 g/mol. The van der Waals surface area contributed by atoms with Crippen LogP contribution >= 0.6 is 0 Å². The normalized spacial score (nSPS) is 23.8. The minimum absolute atomic E-state index is 0.00400. The van der Waals surface area contributed by atoms with Gasteiger partial charge in [0.2, 0.25) is 5.95 Å². The largest absolute Gasteiger partial charge is 0.394 e. The average Bonchev–Trinajstić information content (AvgIpc) is 2.73. The van der Waals surface area contributed by atoms with Crippen molar-refractivity contribution in [2.45, 2.75) is 18.6 Å². The number of nitrogen functional groups attached to an aromatic ring is 2. The standard InChI is InChI=1S/C9H15N5O3/c10-6-7(13-9(11)14-8(6)16)12-4-1-5(2-15)17-3-4/h4-5,15H,1-3,10H2,(H4,11,12,13,14,16)/t4-,5-/m1/s1. The second kappa shape index (κ2) is 4.60. The van der Waals surface area contributed by atoms with Gasteiger partial charge in [0, 0.05) is 0 Å². The molecule has 94 valence electrons. The molecule has 1 aliphatic heterocycles. The van der Waals surface area contributed by atoms with Crippen LogP contribution in [-0.2, 0) is 4.74 Å². The zero-order chi connectivity index (χ0) is 12.4. The number of aliphatic hydroxyl groups excluding tert-OH is 1. The lowest BCUT2D eigenvalue weighted by Crippen LogP contribution is -2.25. The van der Waals surface area contributed by atoms with Gasteiger partial charge in [-0.25, -0.2) is 0 Å². The van der Waals surface area contributed by atoms with E-state index in [4.69, 9.17) is 21.3 Å². The molecule has 0 amide bonds. The van der Waals surface area contributed by atoms with Gasteiger partial charge >= 0.3 is 0 Å². The third-order valence-electron chi connectivity index (χ3n) is 2.60. The zero-order valence-corrected chi connectivity index (χ0v) is 9.14. The Bertz CT molecular complexity index is 460. The highest BCUT2D eigenvalue weighted by molar-refractivity contribution is 5.61. The van der Waals surface area contributed by atoms with Crippen LogP contribution < -0.4 is 22.3 Å². The molecule has 2 atom stereocenters. The lowest BCUT2D eigenvalue weighted by Gasteiger charge is -2.13. The summed E-state index contributed by atoms with van der Waals surface area (Å²) in [5.74, 6) is 0.253. The first-order chi connectivity index (χ1) is 8.10. The Kier molecular flexibility index (Phi) is 3.16. The first-order valence-electron chi connectivity index (χ1n) is 5.24. The molecule has 0 saturated carbocycles. The van der Waals surface area contributed by atoms with Crippen LogP contribution in [0.25, 0.3) is 0 Å². The van der Waals surface area contributed by atoms with E-state index in [2.05, 4.69) is 15.3 Å². The number of nitrogens with zero attached hydrogens (tertiary/aromatic N) is 1. The first kappa shape index (κ1) is 11.7. The van der Waals surface area contributed by atoms with Crippen LogP contribution in [-0.4, -0.2) is 40.4 Å². The second-order valence-electron chi connectivity index (χ2n) is 3.93. The lowest BCUT2D eigenvalue weighted by atomic mass is 10.2. The summed E-state index contributed by atoms with van der Waals surface area (Å²) in [5, 5.41) is 11.9. The molecule has 2 heterocycles. The number of anilines is 3. The Labute approximate surface area is 97.0 Å². The van der Waals surface area contributed by atoms with E-state index < -0.39 is 5.56 Å². The van der Waals surface area contributed by atoms with E-state index in [-0.39, 0.29) is 36.2 Å². The predicted molar refractivity (Wildman–Crippen MR) is 62.5 cm³/mol. The van der Waals surface area contributed by atoms with Crippen LogP contribution in [0.1, 0.15) is 6.42 Å². The average molecular weight is 241 g/mol. The Morgan fingerprint density at radius 2 is 2.35 bits per heavy atom. The summed E-state index contributed by atoms with van der Waals surface area (Å²) in [7, 11) is 0. The summed E-state index contributed by atoms with van der Waals surface area (Å²) in [6.07, 6.45) is 0.442. The maximum Gasteiger partial charge on any atom is 0.277 e. The number of hydrogen-bond acceptors (Lipinski definition) is 7. The van der Waals surface area contributed by atoms with Crippen molar-refractivity contribution in [3.8, 4) is 0 Å². The molecule has 0 spiro atoms. The van der Waals surface area contributed by atoms with Crippen LogP contribution in [0.5, 0.6) is 0 Å². The van der Waals surface area contributed by atoms with Gasteiger partial charge in [-0.2, -0.15) is 4.98 Å². The maximum atomic E-state index is 11.3. The molecule has 8 heteroatoms. The Balaban J connectivity index is 2.12. The lowest BCUT2D eigenvalue weighted by molar-refractivity contribution is 0.0588. The second-order valence-corrected chi connectivity index (χ2v) is 3.93. The predicted octanol–water partition coefficient (Wildman–Crippen LogP) is -1.50. The van der Waals surface area contributed by atoms with Gasteiger partial charge in [0.05, 0.1) is 25.4 Å². The topological polar surface area (TPSA) is 139 Å². The van der Waals surface area contributed by atoms with Crippen LogP contribution in [0.3, 0.4) is 0 Å². The molecule has 2 rings (SSSR count). The fourth-order valence-corrected chi connectivity index (χ4v) is 1.74. The van der Waals surface area contributed by atoms with Gasteiger partial charge in [-0.15, -0.1) is 0 Å². The number of hydrogen-bond donors (Lipinski definition) is 5. The van der Waals surface area contributed by atoms with E-state index in [1.807, 2.05) is 0 Å². The fraction of sp³-hybridized carbons (Fsp3) is 0.556. The summed E-state index contributed by atoms with van der Waals surface area (Å²) < 4.78 is 5.29. The van der Waals surface area contributed by atoms with Gasteiger partial charge in [0.25, 0.3) is 5.56 Å². The molecule has 1 saturated heterocycles. The molecule has 7 N–H and O–H groups in total. The molecule has 0 aliphatic carbocycles. The Morgan fingerprint density at radius 3 is 3.00 bits per heavy atom. The number of nitrogens with two attached hydrogens (primary N) is 2. The SMILES string of the molecule is Nc1nc(N[C@H]2CO[C@@H](CO)C2)c(N)c(=O)[nH]1. The summed E-state index contributed by atoms with van der Waals surface area (Å²) >= 11 is 0. The van der Waals surface area contributed by atoms with Crippen LogP contribution in [0, 0.1) is 0 Å². The van der Waals surface area contributed by atoms with Crippen molar-refractivity contribution in [2.75, 3.05) is 30.0 Å². The van der Waals surface area contributed by atoms with E-state index in [1.165, 1.54) is 0 Å². The van der Waals surface area contributed by atoms with Crippen LogP contribution in [0.2, 0.25) is 0 Å². The van der Waals surface area contributed by atoms with E-state index in [0.29, 0.717) is 13.0 Å². The van der Waals surface area contributed by atoms with Crippen molar-refractivity contribution in [3.05, 3.63) is 10.4 Å². The van der Waals surface area contributed by atoms with Crippen molar-refractivity contribution in [1.82, 2.24) is 9.97 Å². The minimum Gasteiger partial charge on any atom is -0.394 e. The van der Waals surface area contributed by atoms with E-state index >= 15 is 0 Å². The highest BCUT2D eigenvalue weighted by Gasteiger charge is 2.25. The summed E-state index contributed by atoms with van der Waals surface area (Å²) in [5.41, 5.74) is 10.5. The van der Waals surface area contributed by atoms with E-state index in [0.717, 1.165) is 0 Å². The van der Waals surface area contributed by atoms with Crippen molar-refractivity contribution in [2.24, 2.45) is 0 Å². The fourth-order valence-electron chi connectivity index (χ4n) is 1.74. The van der Waals surface area contributed by atoms with Gasteiger partial charge in [0.1, 0.15) is 5.69 Å². The molecular formula is C9H15N5O3. The number of nitrogens with one attached hydrogen (secondary N) is 2. The molecule has 17 heavy (non-hydrogen) atoms. The molecule has 1 aromatic rings. The summed E-state index contributed by atoms with van der Waals surface area (Å²) in [6.45, 7) is 0.400. The number of aromatic nitrogens is 2. The number of rotatable bonds is 3. The van der Waals surface area contributed by atoms with Gasteiger partial charge in [-0.05, 0) is 6.42 Å². The molecule has 1 aromatic heterocycles. The highest BCUT2D eigenvalue weighted by atomic mass is 16.5. The van der Waals surface area contributed by atoms with Gasteiger partial charge in [-0.3, -0.25) is 9.78 Å². The van der Waals surface area contributed by atoms with E-state index in [1.54, 1.807) is 0 Å². The molecule has 0 bridgehead atoms. The quantitative estimate of drug-likeness (QED) is 0.433. The van der Waals surface area contributed by atoms with Crippen molar-refractivity contribution < 1.29 is 9.84 Å². The number of aliphatic hydroxyl groups is 1. The number of aromatic amines is 1.